The Morgan fingerprint density at radius 3 is 1.07 bits per heavy atom. The minimum atomic E-state index is -1.52. The molecule has 0 aliphatic rings. The normalized spacial score (nSPS) is 11.6. The molecule has 3 rings (SSSR count). The van der Waals surface area contributed by atoms with Crippen molar-refractivity contribution in [1.29, 1.82) is 0 Å². The Bertz CT molecular complexity index is 882. The van der Waals surface area contributed by atoms with Gasteiger partial charge in [-0.05, 0) is 42.4 Å². The van der Waals surface area contributed by atoms with Gasteiger partial charge in [0.05, 0.1) is 26.4 Å². The standard InChI is InChI=1S/C37H52O4/c1-2-3-4-5-6-7-8-9-10-20-30-38-37(39-31-27-34-21-14-11-15-22-34,40-32-28-35-23-16-12-17-24-35)41-33-29-36-25-18-13-19-26-36/h11-19,21-26H,2-10,20,27-33H2,1H3. The minimum absolute atomic E-state index is 0.443. The Morgan fingerprint density at radius 1 is 0.390 bits per heavy atom. The SMILES string of the molecule is CCCCCCCCCCCCOC(OCCc1ccccc1)(OCCc1ccccc1)OCCc1ccccc1. The van der Waals surface area contributed by atoms with Crippen molar-refractivity contribution in [2.75, 3.05) is 26.4 Å². The van der Waals surface area contributed by atoms with E-state index in [1.807, 2.05) is 18.2 Å². The van der Waals surface area contributed by atoms with Gasteiger partial charge in [0.2, 0.25) is 0 Å². The lowest BCUT2D eigenvalue weighted by atomic mass is 10.1. The van der Waals surface area contributed by atoms with Gasteiger partial charge < -0.3 is 18.9 Å². The van der Waals surface area contributed by atoms with Crippen molar-refractivity contribution in [3.63, 3.8) is 0 Å². The van der Waals surface area contributed by atoms with Gasteiger partial charge in [-0.25, -0.2) is 0 Å². The molecule has 0 N–H and O–H groups in total. The summed E-state index contributed by atoms with van der Waals surface area (Å²) in [6.45, 7) is 4.14. The van der Waals surface area contributed by atoms with E-state index in [1.165, 1.54) is 68.1 Å². The zero-order chi connectivity index (χ0) is 28.7. The molecule has 0 aromatic heterocycles. The quantitative estimate of drug-likeness (QED) is 0.0808. The van der Waals surface area contributed by atoms with Crippen LogP contribution in [0.5, 0.6) is 0 Å². The second kappa shape index (κ2) is 21.2. The molecular weight excluding hydrogens is 508 g/mol. The monoisotopic (exact) mass is 560 g/mol. The van der Waals surface area contributed by atoms with Gasteiger partial charge in [0.15, 0.2) is 0 Å². The molecule has 0 heterocycles. The third-order valence-corrected chi connectivity index (χ3v) is 7.31. The van der Waals surface area contributed by atoms with Crippen LogP contribution in [0.1, 0.15) is 87.8 Å². The molecule has 0 saturated carbocycles. The first-order chi connectivity index (χ1) is 20.3. The number of unbranched alkanes of at least 4 members (excludes halogenated alkanes) is 9. The Balaban J connectivity index is 1.54. The van der Waals surface area contributed by atoms with Crippen LogP contribution >= 0.6 is 0 Å². The molecule has 0 spiro atoms. The van der Waals surface area contributed by atoms with Crippen LogP contribution in [-0.4, -0.2) is 32.6 Å². The van der Waals surface area contributed by atoms with E-state index in [1.54, 1.807) is 0 Å². The lowest BCUT2D eigenvalue weighted by Gasteiger charge is -2.32. The van der Waals surface area contributed by atoms with E-state index >= 15 is 0 Å². The lowest BCUT2D eigenvalue weighted by Crippen LogP contribution is -2.44. The van der Waals surface area contributed by atoms with Crippen LogP contribution in [0, 0.1) is 0 Å². The maximum absolute atomic E-state index is 6.35. The third kappa shape index (κ3) is 14.8. The first-order valence-electron chi connectivity index (χ1n) is 16.0. The molecule has 0 bridgehead atoms. The average molecular weight is 561 g/mol. The molecule has 224 valence electrons. The van der Waals surface area contributed by atoms with Crippen LogP contribution in [0.3, 0.4) is 0 Å². The fourth-order valence-corrected chi connectivity index (χ4v) is 4.85. The molecule has 3 aromatic rings. The van der Waals surface area contributed by atoms with Crippen molar-refractivity contribution < 1.29 is 18.9 Å². The van der Waals surface area contributed by atoms with Crippen LogP contribution in [-0.2, 0) is 38.2 Å². The molecule has 0 aliphatic heterocycles. The Labute approximate surface area is 249 Å². The fraction of sp³-hybridized carbons (Fsp3) is 0.514. The highest BCUT2D eigenvalue weighted by Crippen LogP contribution is 2.22. The van der Waals surface area contributed by atoms with Gasteiger partial charge in [0.25, 0.3) is 0 Å². The van der Waals surface area contributed by atoms with Gasteiger partial charge in [-0.15, -0.1) is 0 Å². The Morgan fingerprint density at radius 2 is 0.707 bits per heavy atom. The van der Waals surface area contributed by atoms with Crippen LogP contribution in [0.4, 0.5) is 0 Å². The summed E-state index contributed by atoms with van der Waals surface area (Å²) in [5, 5.41) is 0. The summed E-state index contributed by atoms with van der Waals surface area (Å²) in [6.07, 6.45) is 13.5. The second-order valence-electron chi connectivity index (χ2n) is 10.8. The smallest absolute Gasteiger partial charge is 0.303 e. The van der Waals surface area contributed by atoms with E-state index in [2.05, 4.69) is 79.7 Å². The van der Waals surface area contributed by atoms with Crippen molar-refractivity contribution in [2.24, 2.45) is 0 Å². The van der Waals surface area contributed by atoms with Crippen LogP contribution in [0.25, 0.3) is 0 Å². The zero-order valence-electron chi connectivity index (χ0n) is 25.3. The summed E-state index contributed by atoms with van der Waals surface area (Å²) in [4.78, 5) is 0. The van der Waals surface area contributed by atoms with Crippen LogP contribution in [0.2, 0.25) is 0 Å². The number of hydrogen-bond donors (Lipinski definition) is 0. The summed E-state index contributed by atoms with van der Waals surface area (Å²) < 4.78 is 25.4. The largest absolute Gasteiger partial charge is 0.412 e. The van der Waals surface area contributed by atoms with Crippen molar-refractivity contribution in [3.05, 3.63) is 108 Å². The molecule has 0 unspecified atom stereocenters. The minimum Gasteiger partial charge on any atom is -0.303 e. The fourth-order valence-electron chi connectivity index (χ4n) is 4.85. The average Bonchev–Trinajstić information content (AvgIpc) is 3.01. The summed E-state index contributed by atoms with van der Waals surface area (Å²) in [7, 11) is 0. The van der Waals surface area contributed by atoms with Gasteiger partial charge in [-0.3, -0.25) is 0 Å². The molecule has 0 atom stereocenters. The van der Waals surface area contributed by atoms with Gasteiger partial charge >= 0.3 is 6.16 Å². The summed E-state index contributed by atoms with van der Waals surface area (Å²) in [5.41, 5.74) is 3.64. The Kier molecular flexibility index (Phi) is 17.1. The number of benzene rings is 3. The summed E-state index contributed by atoms with van der Waals surface area (Å²) in [6, 6.07) is 31.1. The lowest BCUT2D eigenvalue weighted by molar-refractivity contribution is -0.498. The third-order valence-electron chi connectivity index (χ3n) is 7.31. The molecular formula is C37H52O4. The highest BCUT2D eigenvalue weighted by molar-refractivity contribution is 5.16. The first kappa shape index (κ1) is 33.0. The molecule has 41 heavy (non-hydrogen) atoms. The van der Waals surface area contributed by atoms with Crippen molar-refractivity contribution >= 4 is 0 Å². The Hall–Kier alpha value is -2.50. The predicted octanol–water partition coefficient (Wildman–Crippen LogP) is 9.31. The van der Waals surface area contributed by atoms with E-state index in [9.17, 15) is 0 Å². The van der Waals surface area contributed by atoms with E-state index in [0.29, 0.717) is 26.4 Å². The van der Waals surface area contributed by atoms with Crippen molar-refractivity contribution in [2.45, 2.75) is 96.6 Å². The van der Waals surface area contributed by atoms with Crippen LogP contribution in [0.15, 0.2) is 91.0 Å². The zero-order valence-corrected chi connectivity index (χ0v) is 25.3. The van der Waals surface area contributed by atoms with Gasteiger partial charge in [-0.2, -0.15) is 0 Å². The molecule has 0 saturated heterocycles. The van der Waals surface area contributed by atoms with E-state index in [0.717, 1.165) is 32.1 Å². The van der Waals surface area contributed by atoms with E-state index in [4.69, 9.17) is 18.9 Å². The van der Waals surface area contributed by atoms with Crippen molar-refractivity contribution in [3.8, 4) is 0 Å². The summed E-state index contributed by atoms with van der Waals surface area (Å²) in [5.74, 6) is 0. The molecule has 4 nitrogen and oxygen atoms in total. The molecule has 0 fully saturated rings. The first-order valence-corrected chi connectivity index (χ1v) is 16.0. The molecule has 0 radical (unpaired) electrons. The highest BCUT2D eigenvalue weighted by atomic mass is 17.0. The second-order valence-corrected chi connectivity index (χ2v) is 10.8. The topological polar surface area (TPSA) is 36.9 Å². The molecule has 3 aromatic carbocycles. The van der Waals surface area contributed by atoms with Crippen molar-refractivity contribution in [1.82, 2.24) is 0 Å². The van der Waals surface area contributed by atoms with Gasteiger partial charge in [-0.1, -0.05) is 156 Å². The molecule has 0 aliphatic carbocycles. The number of rotatable bonds is 24. The summed E-state index contributed by atoms with van der Waals surface area (Å²) >= 11 is 0. The van der Waals surface area contributed by atoms with Gasteiger partial charge in [0, 0.05) is 0 Å². The predicted molar refractivity (Wildman–Crippen MR) is 169 cm³/mol. The molecule has 0 amide bonds. The highest BCUT2D eigenvalue weighted by Gasteiger charge is 2.36. The van der Waals surface area contributed by atoms with Crippen LogP contribution < -0.4 is 0 Å². The maximum atomic E-state index is 6.35. The molecule has 4 heteroatoms. The number of ether oxygens (including phenoxy) is 4. The van der Waals surface area contributed by atoms with E-state index in [-0.39, 0.29) is 0 Å². The maximum Gasteiger partial charge on any atom is 0.412 e. The number of hydrogen-bond acceptors (Lipinski definition) is 4. The van der Waals surface area contributed by atoms with Gasteiger partial charge in [0.1, 0.15) is 0 Å². The van der Waals surface area contributed by atoms with E-state index < -0.39 is 6.16 Å².